The van der Waals surface area contributed by atoms with Crippen molar-refractivity contribution in [1.82, 2.24) is 20.6 Å². The molecular formula is C17H13ClF3N5O. The first-order chi connectivity index (χ1) is 13.0. The molecule has 1 aromatic heterocycles. The molecule has 0 amide bonds. The molecule has 1 N–H and O–H groups in total. The topological polar surface area (TPSA) is 66.9 Å². The summed E-state index contributed by atoms with van der Waals surface area (Å²) in [4.78, 5) is 1.88. The standard InChI is InChI=1S/C17H13ClF3N5O/c18-11-7-12-15(13(14(11)19)17-22-24-25-23-17)26(5-6-27-12)8-9-1-3-10(4-2-9)16(20)21/h1-4,7,16H,5-6,8H2,(H,22,23,24,25). The molecule has 0 radical (unpaired) electrons. The van der Waals surface area contributed by atoms with E-state index < -0.39 is 12.2 Å². The summed E-state index contributed by atoms with van der Waals surface area (Å²) < 4.78 is 45.9. The molecular weight excluding hydrogens is 383 g/mol. The first-order valence-corrected chi connectivity index (χ1v) is 8.43. The number of nitrogens with one attached hydrogen (secondary N) is 1. The highest BCUT2D eigenvalue weighted by molar-refractivity contribution is 6.31. The van der Waals surface area contributed by atoms with Crippen LogP contribution in [0.4, 0.5) is 18.9 Å². The van der Waals surface area contributed by atoms with Gasteiger partial charge in [0, 0.05) is 18.2 Å². The number of aromatic nitrogens is 4. The van der Waals surface area contributed by atoms with Crippen molar-refractivity contribution in [3.63, 3.8) is 0 Å². The lowest BCUT2D eigenvalue weighted by atomic mass is 10.1. The number of aromatic amines is 1. The second-order valence-electron chi connectivity index (χ2n) is 5.94. The molecule has 1 aliphatic heterocycles. The van der Waals surface area contributed by atoms with E-state index in [4.69, 9.17) is 16.3 Å². The van der Waals surface area contributed by atoms with Crippen molar-refractivity contribution in [2.75, 3.05) is 18.1 Å². The summed E-state index contributed by atoms with van der Waals surface area (Å²) in [6.07, 6.45) is -2.52. The van der Waals surface area contributed by atoms with Crippen LogP contribution in [-0.4, -0.2) is 33.8 Å². The number of alkyl halides is 2. The Morgan fingerprint density at radius 1 is 1.26 bits per heavy atom. The number of rotatable bonds is 4. The van der Waals surface area contributed by atoms with Gasteiger partial charge in [0.15, 0.2) is 5.82 Å². The van der Waals surface area contributed by atoms with E-state index in [9.17, 15) is 13.2 Å². The van der Waals surface area contributed by atoms with E-state index in [2.05, 4.69) is 20.6 Å². The van der Waals surface area contributed by atoms with E-state index in [0.717, 1.165) is 5.56 Å². The maximum absolute atomic E-state index is 14.8. The number of anilines is 1. The molecule has 0 fully saturated rings. The fourth-order valence-electron chi connectivity index (χ4n) is 3.01. The Labute approximate surface area is 156 Å². The SMILES string of the molecule is Fc1c(Cl)cc2c(c1-c1nn[nH]n1)N(Cc1ccc(C(F)F)cc1)CCO2. The monoisotopic (exact) mass is 395 g/mol. The highest BCUT2D eigenvalue weighted by atomic mass is 35.5. The van der Waals surface area contributed by atoms with Gasteiger partial charge in [0.05, 0.1) is 22.8 Å². The zero-order valence-electron chi connectivity index (χ0n) is 13.8. The van der Waals surface area contributed by atoms with Crippen molar-refractivity contribution < 1.29 is 17.9 Å². The van der Waals surface area contributed by atoms with Crippen molar-refractivity contribution in [2.45, 2.75) is 13.0 Å². The van der Waals surface area contributed by atoms with Crippen LogP contribution < -0.4 is 9.64 Å². The van der Waals surface area contributed by atoms with Crippen LogP contribution in [-0.2, 0) is 6.54 Å². The van der Waals surface area contributed by atoms with Crippen LogP contribution in [0.2, 0.25) is 5.02 Å². The van der Waals surface area contributed by atoms with Crippen LogP contribution >= 0.6 is 11.6 Å². The third-order valence-corrected chi connectivity index (χ3v) is 4.54. The molecule has 0 aliphatic carbocycles. The molecule has 27 heavy (non-hydrogen) atoms. The van der Waals surface area contributed by atoms with Gasteiger partial charge < -0.3 is 9.64 Å². The average molecular weight is 396 g/mol. The number of H-pyrrole nitrogens is 1. The van der Waals surface area contributed by atoms with Gasteiger partial charge in [-0.05, 0) is 10.8 Å². The van der Waals surface area contributed by atoms with Crippen molar-refractivity contribution in [1.29, 1.82) is 0 Å². The molecule has 140 valence electrons. The zero-order chi connectivity index (χ0) is 19.0. The minimum absolute atomic E-state index is 0.0496. The summed E-state index contributed by atoms with van der Waals surface area (Å²) in [5.74, 6) is -0.230. The Kier molecular flexibility index (Phi) is 4.61. The largest absolute Gasteiger partial charge is 0.489 e. The number of tetrazole rings is 1. The molecule has 6 nitrogen and oxygen atoms in total. The zero-order valence-corrected chi connectivity index (χ0v) is 14.6. The minimum Gasteiger partial charge on any atom is -0.489 e. The van der Waals surface area contributed by atoms with Gasteiger partial charge in [-0.2, -0.15) is 5.21 Å². The minimum atomic E-state index is -2.52. The van der Waals surface area contributed by atoms with Gasteiger partial charge in [-0.1, -0.05) is 35.9 Å². The van der Waals surface area contributed by atoms with Crippen LogP contribution in [0.3, 0.4) is 0 Å². The van der Waals surface area contributed by atoms with Gasteiger partial charge in [0.1, 0.15) is 12.4 Å². The fraction of sp³-hybridized carbons (Fsp3) is 0.235. The lowest BCUT2D eigenvalue weighted by Crippen LogP contribution is -2.33. The van der Waals surface area contributed by atoms with Crippen molar-refractivity contribution in [2.24, 2.45) is 0 Å². The predicted molar refractivity (Wildman–Crippen MR) is 92.5 cm³/mol. The van der Waals surface area contributed by atoms with Crippen LogP contribution in [0.1, 0.15) is 17.6 Å². The highest BCUT2D eigenvalue weighted by Crippen LogP contribution is 2.44. The summed E-state index contributed by atoms with van der Waals surface area (Å²) in [7, 11) is 0. The Morgan fingerprint density at radius 3 is 2.70 bits per heavy atom. The predicted octanol–water partition coefficient (Wildman–Crippen LogP) is 4.00. The van der Waals surface area contributed by atoms with E-state index >= 15 is 0 Å². The molecule has 3 aromatic rings. The van der Waals surface area contributed by atoms with E-state index in [-0.39, 0.29) is 22.0 Å². The number of hydrogen-bond acceptors (Lipinski definition) is 5. The number of hydrogen-bond donors (Lipinski definition) is 1. The molecule has 1 aliphatic rings. The molecule has 2 heterocycles. The molecule has 0 saturated carbocycles. The van der Waals surface area contributed by atoms with E-state index in [0.29, 0.717) is 31.1 Å². The summed E-state index contributed by atoms with van der Waals surface area (Å²) in [6.45, 7) is 1.21. The number of ether oxygens (including phenoxy) is 1. The maximum atomic E-state index is 14.8. The van der Waals surface area contributed by atoms with E-state index in [1.54, 1.807) is 12.1 Å². The number of benzene rings is 2. The Hall–Kier alpha value is -2.81. The van der Waals surface area contributed by atoms with E-state index in [1.807, 2.05) is 4.90 Å². The molecule has 0 bridgehead atoms. The molecule has 2 aromatic carbocycles. The summed E-state index contributed by atoms with van der Waals surface area (Å²) in [5, 5.41) is 13.4. The normalized spacial score (nSPS) is 13.6. The molecule has 4 rings (SSSR count). The molecule has 10 heteroatoms. The van der Waals surface area contributed by atoms with Gasteiger partial charge in [-0.3, -0.25) is 0 Å². The van der Waals surface area contributed by atoms with Crippen LogP contribution in [0.5, 0.6) is 5.75 Å². The first-order valence-electron chi connectivity index (χ1n) is 8.05. The Balaban J connectivity index is 1.75. The Morgan fingerprint density at radius 2 is 2.04 bits per heavy atom. The third kappa shape index (κ3) is 3.30. The fourth-order valence-corrected chi connectivity index (χ4v) is 3.21. The lowest BCUT2D eigenvalue weighted by Gasteiger charge is -2.33. The molecule has 0 atom stereocenters. The van der Waals surface area contributed by atoms with Gasteiger partial charge in [0.2, 0.25) is 5.82 Å². The van der Waals surface area contributed by atoms with Crippen molar-refractivity contribution in [3.8, 4) is 17.1 Å². The summed E-state index contributed by atoms with van der Waals surface area (Å²) in [5.41, 5.74) is 1.27. The molecule has 0 spiro atoms. The van der Waals surface area contributed by atoms with Gasteiger partial charge in [-0.15, -0.1) is 10.2 Å². The second-order valence-corrected chi connectivity index (χ2v) is 6.35. The van der Waals surface area contributed by atoms with Crippen LogP contribution in [0.25, 0.3) is 11.4 Å². The quantitative estimate of drug-likeness (QED) is 0.723. The van der Waals surface area contributed by atoms with Crippen LogP contribution in [0, 0.1) is 5.82 Å². The number of nitrogens with zero attached hydrogens (tertiary/aromatic N) is 4. The summed E-state index contributed by atoms with van der Waals surface area (Å²) in [6, 6.07) is 7.41. The van der Waals surface area contributed by atoms with Crippen molar-refractivity contribution in [3.05, 3.63) is 52.3 Å². The van der Waals surface area contributed by atoms with Gasteiger partial charge in [0.25, 0.3) is 6.43 Å². The van der Waals surface area contributed by atoms with Gasteiger partial charge in [-0.25, -0.2) is 13.2 Å². The molecule has 0 saturated heterocycles. The average Bonchev–Trinajstić information content (AvgIpc) is 3.18. The number of halogens is 4. The van der Waals surface area contributed by atoms with Crippen LogP contribution in [0.15, 0.2) is 30.3 Å². The first kappa shape index (κ1) is 17.6. The second kappa shape index (κ2) is 7.07. The maximum Gasteiger partial charge on any atom is 0.263 e. The lowest BCUT2D eigenvalue weighted by molar-refractivity contribution is 0.151. The number of fused-ring (bicyclic) bond motifs is 1. The van der Waals surface area contributed by atoms with Crippen molar-refractivity contribution >= 4 is 17.3 Å². The third-order valence-electron chi connectivity index (χ3n) is 4.27. The van der Waals surface area contributed by atoms with E-state index in [1.165, 1.54) is 18.2 Å². The highest BCUT2D eigenvalue weighted by Gasteiger charge is 2.29. The van der Waals surface area contributed by atoms with Gasteiger partial charge >= 0.3 is 0 Å². The molecule has 0 unspecified atom stereocenters. The Bertz CT molecular complexity index is 950. The smallest absolute Gasteiger partial charge is 0.263 e. The summed E-state index contributed by atoms with van der Waals surface area (Å²) >= 11 is 5.99.